The minimum Gasteiger partial charge on any atom is -0.323 e. The number of alkyl halides is 3. The van der Waals surface area contributed by atoms with Crippen LogP contribution in [-0.2, 0) is 16.5 Å². The van der Waals surface area contributed by atoms with Crippen LogP contribution in [0.15, 0.2) is 30.3 Å². The van der Waals surface area contributed by atoms with Crippen LogP contribution in [0, 0.1) is 0 Å². The SMILES string of the molecule is CC1[C@H](Cc2ccccc2)N(C)C(=O)N1C.O=S(=O)(O)C(F)(F)F. The first-order valence-electron chi connectivity index (χ1n) is 6.93. The lowest BCUT2D eigenvalue weighted by Gasteiger charge is -2.21. The zero-order chi connectivity index (χ0) is 18.7. The highest BCUT2D eigenvalue weighted by atomic mass is 32.2. The molecular formula is C14H19F3N2O4S. The van der Waals surface area contributed by atoms with Crippen LogP contribution in [0.3, 0.4) is 0 Å². The number of carbonyl (C=O) groups is 1. The van der Waals surface area contributed by atoms with E-state index in [9.17, 15) is 18.0 Å². The fourth-order valence-corrected chi connectivity index (χ4v) is 2.31. The van der Waals surface area contributed by atoms with E-state index in [1.807, 2.05) is 42.1 Å². The normalized spacial score (nSPS) is 21.5. The van der Waals surface area contributed by atoms with Gasteiger partial charge in [0.1, 0.15) is 0 Å². The molecule has 1 heterocycles. The van der Waals surface area contributed by atoms with Crippen molar-refractivity contribution in [2.75, 3.05) is 14.1 Å². The Labute approximate surface area is 138 Å². The summed E-state index contributed by atoms with van der Waals surface area (Å²) in [5.41, 5.74) is -4.25. The minimum absolute atomic E-state index is 0.119. The van der Waals surface area contributed by atoms with Gasteiger partial charge in [0.25, 0.3) is 0 Å². The summed E-state index contributed by atoms with van der Waals surface area (Å²) in [5, 5.41) is 0. The molecule has 0 aromatic heterocycles. The highest BCUT2D eigenvalue weighted by Gasteiger charge is 2.44. The Kier molecular flexibility index (Phi) is 6.23. The Bertz CT molecular complexity index is 664. The lowest BCUT2D eigenvalue weighted by atomic mass is 10.0. The van der Waals surface area contributed by atoms with Gasteiger partial charge < -0.3 is 9.80 Å². The molecule has 0 radical (unpaired) electrons. The van der Waals surface area contributed by atoms with Gasteiger partial charge in [-0.25, -0.2) is 4.79 Å². The lowest BCUT2D eigenvalue weighted by Crippen LogP contribution is -2.34. The van der Waals surface area contributed by atoms with Crippen LogP contribution < -0.4 is 0 Å². The van der Waals surface area contributed by atoms with Gasteiger partial charge in [0.05, 0.1) is 12.1 Å². The molecule has 0 saturated carbocycles. The second kappa shape index (κ2) is 7.39. The van der Waals surface area contributed by atoms with Gasteiger partial charge in [-0.1, -0.05) is 30.3 Å². The molecule has 0 bridgehead atoms. The van der Waals surface area contributed by atoms with Crippen molar-refractivity contribution in [1.82, 2.24) is 9.80 Å². The number of likely N-dealkylation sites (N-methyl/N-ethyl adjacent to an activating group) is 2. The van der Waals surface area contributed by atoms with E-state index in [0.29, 0.717) is 0 Å². The van der Waals surface area contributed by atoms with E-state index in [-0.39, 0.29) is 18.1 Å². The Hall–Kier alpha value is -1.81. The Morgan fingerprint density at radius 1 is 1.12 bits per heavy atom. The van der Waals surface area contributed by atoms with Crippen molar-refractivity contribution < 1.29 is 30.9 Å². The summed E-state index contributed by atoms with van der Waals surface area (Å²) in [5.74, 6) is 0. The van der Waals surface area contributed by atoms with E-state index in [4.69, 9.17) is 13.0 Å². The number of urea groups is 1. The molecule has 1 aliphatic rings. The first-order chi connectivity index (χ1) is 10.9. The van der Waals surface area contributed by atoms with Crippen molar-refractivity contribution in [2.45, 2.75) is 30.9 Å². The number of rotatable bonds is 2. The third-order valence-electron chi connectivity index (χ3n) is 3.85. The highest BCUT2D eigenvalue weighted by molar-refractivity contribution is 7.86. The predicted octanol–water partition coefficient (Wildman–Crippen LogP) is 2.38. The number of nitrogens with zero attached hydrogens (tertiary/aromatic N) is 2. The second-order valence-electron chi connectivity index (χ2n) is 5.42. The summed E-state index contributed by atoms with van der Waals surface area (Å²) in [6, 6.07) is 11.0. The van der Waals surface area contributed by atoms with E-state index < -0.39 is 15.6 Å². The van der Waals surface area contributed by atoms with Gasteiger partial charge >= 0.3 is 21.7 Å². The maximum Gasteiger partial charge on any atom is 0.522 e. The number of hydrogen-bond donors (Lipinski definition) is 1. The molecule has 1 fully saturated rings. The minimum atomic E-state index is -5.84. The molecule has 1 aromatic rings. The number of amides is 2. The zero-order valence-electron chi connectivity index (χ0n) is 13.4. The number of halogens is 3. The van der Waals surface area contributed by atoms with Crippen LogP contribution in [0.4, 0.5) is 18.0 Å². The van der Waals surface area contributed by atoms with Gasteiger partial charge in [0.2, 0.25) is 0 Å². The molecule has 24 heavy (non-hydrogen) atoms. The van der Waals surface area contributed by atoms with Crippen molar-refractivity contribution in [3.8, 4) is 0 Å². The third-order valence-corrected chi connectivity index (χ3v) is 4.43. The third kappa shape index (κ3) is 4.84. The van der Waals surface area contributed by atoms with Crippen LogP contribution in [0.1, 0.15) is 12.5 Å². The van der Waals surface area contributed by atoms with Gasteiger partial charge in [0.15, 0.2) is 0 Å². The summed E-state index contributed by atoms with van der Waals surface area (Å²) < 4.78 is 57.5. The van der Waals surface area contributed by atoms with E-state index in [2.05, 4.69) is 19.1 Å². The molecule has 10 heteroatoms. The quantitative estimate of drug-likeness (QED) is 0.642. The molecule has 0 spiro atoms. The molecule has 1 aliphatic heterocycles. The average Bonchev–Trinajstić information content (AvgIpc) is 2.65. The summed E-state index contributed by atoms with van der Waals surface area (Å²) in [4.78, 5) is 15.4. The molecule has 2 atom stereocenters. The second-order valence-corrected chi connectivity index (χ2v) is 6.84. The maximum absolute atomic E-state index is 11.8. The number of carbonyl (C=O) groups excluding carboxylic acids is 1. The number of hydrogen-bond acceptors (Lipinski definition) is 3. The van der Waals surface area contributed by atoms with Crippen molar-refractivity contribution in [2.24, 2.45) is 0 Å². The Balaban J connectivity index is 0.000000307. The molecule has 2 amide bonds. The molecule has 1 unspecified atom stereocenters. The van der Waals surface area contributed by atoms with Crippen LogP contribution in [0.5, 0.6) is 0 Å². The molecule has 1 aromatic carbocycles. The van der Waals surface area contributed by atoms with Crippen molar-refractivity contribution in [3.05, 3.63) is 35.9 Å². The molecule has 6 nitrogen and oxygen atoms in total. The van der Waals surface area contributed by atoms with Crippen LogP contribution >= 0.6 is 0 Å². The smallest absolute Gasteiger partial charge is 0.323 e. The van der Waals surface area contributed by atoms with E-state index in [0.717, 1.165) is 6.42 Å². The monoisotopic (exact) mass is 368 g/mol. The van der Waals surface area contributed by atoms with Gasteiger partial charge in [-0.3, -0.25) is 4.55 Å². The Morgan fingerprint density at radius 2 is 1.58 bits per heavy atom. The largest absolute Gasteiger partial charge is 0.522 e. The lowest BCUT2D eigenvalue weighted by molar-refractivity contribution is -0.0510. The predicted molar refractivity (Wildman–Crippen MR) is 81.9 cm³/mol. The maximum atomic E-state index is 11.8. The zero-order valence-corrected chi connectivity index (χ0v) is 14.2. The van der Waals surface area contributed by atoms with Crippen molar-refractivity contribution >= 4 is 16.1 Å². The van der Waals surface area contributed by atoms with Crippen LogP contribution in [0.25, 0.3) is 0 Å². The molecular weight excluding hydrogens is 349 g/mol. The average molecular weight is 368 g/mol. The topological polar surface area (TPSA) is 77.9 Å². The van der Waals surface area contributed by atoms with Gasteiger partial charge in [-0.05, 0) is 18.9 Å². The van der Waals surface area contributed by atoms with Crippen LogP contribution in [-0.4, -0.2) is 60.5 Å². The standard InChI is InChI=1S/C13H18N2O.CHF3O3S/c1-10-12(15(3)13(16)14(10)2)9-11-7-5-4-6-8-11;2-1(3,4)8(5,6)7/h4-8,10,12H,9H2,1-3H3;(H,5,6,7)/t10?,12-;/m0./s1. The summed E-state index contributed by atoms with van der Waals surface area (Å²) in [7, 11) is -2.09. The van der Waals surface area contributed by atoms with Gasteiger partial charge in [-0.15, -0.1) is 0 Å². The molecule has 1 N–H and O–H groups in total. The highest BCUT2D eigenvalue weighted by Crippen LogP contribution is 2.22. The van der Waals surface area contributed by atoms with Crippen molar-refractivity contribution in [3.63, 3.8) is 0 Å². The number of benzene rings is 1. The Morgan fingerprint density at radius 3 is 1.92 bits per heavy atom. The molecule has 136 valence electrons. The molecule has 1 saturated heterocycles. The van der Waals surface area contributed by atoms with Gasteiger partial charge in [-0.2, -0.15) is 21.6 Å². The first-order valence-corrected chi connectivity index (χ1v) is 8.37. The fourth-order valence-electron chi connectivity index (χ4n) is 2.31. The van der Waals surface area contributed by atoms with E-state index >= 15 is 0 Å². The molecule has 2 rings (SSSR count). The van der Waals surface area contributed by atoms with Crippen molar-refractivity contribution in [1.29, 1.82) is 0 Å². The van der Waals surface area contributed by atoms with Gasteiger partial charge in [0, 0.05) is 14.1 Å². The molecule has 0 aliphatic carbocycles. The summed E-state index contributed by atoms with van der Waals surface area (Å²) >= 11 is 0. The first kappa shape index (κ1) is 20.2. The fraction of sp³-hybridized carbons (Fsp3) is 0.500. The van der Waals surface area contributed by atoms with Crippen LogP contribution in [0.2, 0.25) is 0 Å². The summed E-state index contributed by atoms with van der Waals surface area (Å²) in [6.07, 6.45) is 0.925. The summed E-state index contributed by atoms with van der Waals surface area (Å²) in [6.45, 7) is 2.11. The van der Waals surface area contributed by atoms with E-state index in [1.165, 1.54) is 5.56 Å². The van der Waals surface area contributed by atoms with E-state index in [1.54, 1.807) is 0 Å².